The van der Waals surface area contributed by atoms with E-state index in [4.69, 9.17) is 9.52 Å². The SMILES string of the molecule is Cc1ccc(CNC(=O)[C@H]2CC(C)C[C@H]2C(=O)O)o1. The van der Waals surface area contributed by atoms with Gasteiger partial charge in [0.25, 0.3) is 0 Å². The number of aryl methyl sites for hydroxylation is 1. The molecule has 1 aliphatic rings. The first-order valence-corrected chi connectivity index (χ1v) is 6.53. The Bertz CT molecular complexity index is 480. The molecule has 5 nitrogen and oxygen atoms in total. The van der Waals surface area contributed by atoms with Crippen molar-refractivity contribution in [2.24, 2.45) is 17.8 Å². The third-order valence-electron chi connectivity index (χ3n) is 3.69. The van der Waals surface area contributed by atoms with E-state index in [0.29, 0.717) is 25.1 Å². The first-order chi connectivity index (χ1) is 8.97. The number of amides is 1. The van der Waals surface area contributed by atoms with Crippen molar-refractivity contribution in [3.63, 3.8) is 0 Å². The summed E-state index contributed by atoms with van der Waals surface area (Å²) in [7, 11) is 0. The lowest BCUT2D eigenvalue weighted by Crippen LogP contribution is -2.34. The van der Waals surface area contributed by atoms with E-state index in [9.17, 15) is 9.59 Å². The van der Waals surface area contributed by atoms with Crippen LogP contribution in [-0.4, -0.2) is 17.0 Å². The van der Waals surface area contributed by atoms with Crippen molar-refractivity contribution >= 4 is 11.9 Å². The summed E-state index contributed by atoms with van der Waals surface area (Å²) in [6.07, 6.45) is 1.22. The molecule has 1 aromatic rings. The summed E-state index contributed by atoms with van der Waals surface area (Å²) in [4.78, 5) is 23.2. The molecule has 0 bridgehead atoms. The van der Waals surface area contributed by atoms with Gasteiger partial charge in [0.1, 0.15) is 11.5 Å². The minimum absolute atomic E-state index is 0.189. The standard InChI is InChI=1S/C14H19NO4/c1-8-5-11(12(6-8)14(17)18)13(16)15-7-10-4-3-9(2)19-10/h3-4,8,11-12H,5-7H2,1-2H3,(H,15,16)(H,17,18)/t8?,11-,12+/m0/s1. The van der Waals surface area contributed by atoms with Crippen LogP contribution in [0, 0.1) is 24.7 Å². The smallest absolute Gasteiger partial charge is 0.307 e. The number of furan rings is 1. The van der Waals surface area contributed by atoms with Crippen molar-refractivity contribution in [3.8, 4) is 0 Å². The maximum atomic E-state index is 12.1. The van der Waals surface area contributed by atoms with Gasteiger partial charge in [-0.1, -0.05) is 6.92 Å². The zero-order valence-corrected chi connectivity index (χ0v) is 11.2. The van der Waals surface area contributed by atoms with Crippen LogP contribution in [0.4, 0.5) is 0 Å². The minimum Gasteiger partial charge on any atom is -0.481 e. The third kappa shape index (κ3) is 3.16. The van der Waals surface area contributed by atoms with E-state index in [1.165, 1.54) is 0 Å². The van der Waals surface area contributed by atoms with Gasteiger partial charge >= 0.3 is 5.97 Å². The van der Waals surface area contributed by atoms with Crippen molar-refractivity contribution < 1.29 is 19.1 Å². The highest BCUT2D eigenvalue weighted by molar-refractivity contribution is 5.85. The van der Waals surface area contributed by atoms with E-state index in [-0.39, 0.29) is 11.8 Å². The highest BCUT2D eigenvalue weighted by Gasteiger charge is 2.41. The van der Waals surface area contributed by atoms with Gasteiger partial charge in [0.05, 0.1) is 18.4 Å². The number of carbonyl (C=O) groups excluding carboxylic acids is 1. The maximum absolute atomic E-state index is 12.1. The van der Waals surface area contributed by atoms with E-state index in [0.717, 1.165) is 5.76 Å². The van der Waals surface area contributed by atoms with Gasteiger partial charge < -0.3 is 14.8 Å². The highest BCUT2D eigenvalue weighted by atomic mass is 16.4. The quantitative estimate of drug-likeness (QED) is 0.872. The number of rotatable bonds is 4. The van der Waals surface area contributed by atoms with Gasteiger partial charge in [0.15, 0.2) is 0 Å². The molecule has 3 atom stereocenters. The molecule has 1 aromatic heterocycles. The van der Waals surface area contributed by atoms with Gasteiger partial charge in [0, 0.05) is 0 Å². The molecule has 5 heteroatoms. The van der Waals surface area contributed by atoms with E-state index in [2.05, 4.69) is 5.32 Å². The second-order valence-corrected chi connectivity index (χ2v) is 5.36. The summed E-state index contributed by atoms with van der Waals surface area (Å²) in [6, 6.07) is 3.64. The summed E-state index contributed by atoms with van der Waals surface area (Å²) in [6.45, 7) is 4.13. The van der Waals surface area contributed by atoms with Crippen LogP contribution < -0.4 is 5.32 Å². The predicted molar refractivity (Wildman–Crippen MR) is 68.3 cm³/mol. The third-order valence-corrected chi connectivity index (χ3v) is 3.69. The Kier molecular flexibility index (Phi) is 3.93. The van der Waals surface area contributed by atoms with Crippen molar-refractivity contribution in [1.82, 2.24) is 5.32 Å². The summed E-state index contributed by atoms with van der Waals surface area (Å²) >= 11 is 0. The predicted octanol–water partition coefficient (Wildman–Crippen LogP) is 1.95. The molecule has 0 spiro atoms. The van der Waals surface area contributed by atoms with Gasteiger partial charge in [-0.15, -0.1) is 0 Å². The molecule has 1 heterocycles. The topological polar surface area (TPSA) is 79.5 Å². The number of nitrogens with one attached hydrogen (secondary N) is 1. The Labute approximate surface area is 112 Å². The van der Waals surface area contributed by atoms with Gasteiger partial charge in [-0.3, -0.25) is 9.59 Å². The highest BCUT2D eigenvalue weighted by Crippen LogP contribution is 2.36. The molecule has 19 heavy (non-hydrogen) atoms. The molecule has 0 aliphatic heterocycles. The monoisotopic (exact) mass is 265 g/mol. The molecule has 2 rings (SSSR count). The van der Waals surface area contributed by atoms with Crippen LogP contribution in [0.2, 0.25) is 0 Å². The van der Waals surface area contributed by atoms with Crippen LogP contribution in [0.3, 0.4) is 0 Å². The summed E-state index contributed by atoms with van der Waals surface area (Å²) in [5, 5.41) is 11.9. The second-order valence-electron chi connectivity index (χ2n) is 5.36. The van der Waals surface area contributed by atoms with E-state index in [1.54, 1.807) is 0 Å². The largest absolute Gasteiger partial charge is 0.481 e. The Hall–Kier alpha value is -1.78. The van der Waals surface area contributed by atoms with Crippen molar-refractivity contribution in [2.45, 2.75) is 33.2 Å². The molecule has 1 amide bonds. The lowest BCUT2D eigenvalue weighted by atomic mass is 9.95. The summed E-state index contributed by atoms with van der Waals surface area (Å²) in [5.41, 5.74) is 0. The van der Waals surface area contributed by atoms with Gasteiger partial charge in [-0.2, -0.15) is 0 Å². The van der Waals surface area contributed by atoms with E-state index >= 15 is 0 Å². The average Bonchev–Trinajstić information content (AvgIpc) is 2.92. The van der Waals surface area contributed by atoms with Crippen molar-refractivity contribution in [1.29, 1.82) is 0 Å². The van der Waals surface area contributed by atoms with Crippen LogP contribution in [0.15, 0.2) is 16.5 Å². The molecule has 2 N–H and O–H groups in total. The fraction of sp³-hybridized carbons (Fsp3) is 0.571. The Balaban J connectivity index is 1.93. The van der Waals surface area contributed by atoms with Crippen molar-refractivity contribution in [3.05, 3.63) is 23.7 Å². The Morgan fingerprint density at radius 1 is 1.37 bits per heavy atom. The molecule has 1 aliphatic carbocycles. The number of carboxylic acid groups (broad SMARTS) is 1. The van der Waals surface area contributed by atoms with Crippen molar-refractivity contribution in [2.75, 3.05) is 0 Å². The Morgan fingerprint density at radius 3 is 2.63 bits per heavy atom. The minimum atomic E-state index is -0.877. The molecule has 1 saturated carbocycles. The first kappa shape index (κ1) is 13.6. The fourth-order valence-corrected chi connectivity index (χ4v) is 2.74. The molecule has 104 valence electrons. The molecular weight excluding hydrogens is 246 g/mol. The maximum Gasteiger partial charge on any atom is 0.307 e. The van der Waals surface area contributed by atoms with Gasteiger partial charge in [-0.05, 0) is 37.8 Å². The molecule has 0 radical (unpaired) electrons. The zero-order valence-electron chi connectivity index (χ0n) is 11.2. The molecule has 1 fully saturated rings. The average molecular weight is 265 g/mol. The van der Waals surface area contributed by atoms with E-state index < -0.39 is 17.8 Å². The van der Waals surface area contributed by atoms with Gasteiger partial charge in [0.2, 0.25) is 5.91 Å². The summed E-state index contributed by atoms with van der Waals surface area (Å²) in [5.74, 6) is -0.297. The molecule has 1 unspecified atom stereocenters. The number of aliphatic carboxylic acids is 1. The first-order valence-electron chi connectivity index (χ1n) is 6.53. The van der Waals surface area contributed by atoms with Crippen LogP contribution in [-0.2, 0) is 16.1 Å². The van der Waals surface area contributed by atoms with Crippen LogP contribution >= 0.6 is 0 Å². The number of hydrogen-bond acceptors (Lipinski definition) is 3. The summed E-state index contributed by atoms with van der Waals surface area (Å²) < 4.78 is 5.36. The molecular formula is C14H19NO4. The van der Waals surface area contributed by atoms with Crippen LogP contribution in [0.1, 0.15) is 31.3 Å². The lowest BCUT2D eigenvalue weighted by Gasteiger charge is -2.14. The van der Waals surface area contributed by atoms with E-state index in [1.807, 2.05) is 26.0 Å². The number of hydrogen-bond donors (Lipinski definition) is 2. The molecule has 0 saturated heterocycles. The zero-order chi connectivity index (χ0) is 14.0. The number of carboxylic acids is 1. The number of carbonyl (C=O) groups is 2. The van der Waals surface area contributed by atoms with Crippen LogP contribution in [0.5, 0.6) is 0 Å². The normalized spacial score (nSPS) is 26.3. The van der Waals surface area contributed by atoms with Gasteiger partial charge in [-0.25, -0.2) is 0 Å². The van der Waals surface area contributed by atoms with Crippen LogP contribution in [0.25, 0.3) is 0 Å². The molecule has 0 aromatic carbocycles. The fourth-order valence-electron chi connectivity index (χ4n) is 2.74. The second kappa shape index (κ2) is 5.47. The lowest BCUT2D eigenvalue weighted by molar-refractivity contribution is -0.146. The Morgan fingerprint density at radius 2 is 2.05 bits per heavy atom.